The molecule has 0 radical (unpaired) electrons. The monoisotopic (exact) mass is 230 g/mol. The molecule has 1 unspecified atom stereocenters. The minimum Gasteiger partial charge on any atom is -0.329 e. The highest BCUT2D eigenvalue weighted by atomic mass is 15.1. The predicted molar refractivity (Wildman–Crippen MR) is 68.5 cm³/mol. The lowest BCUT2D eigenvalue weighted by atomic mass is 10.0. The Hall–Kier alpha value is -1.65. The van der Waals surface area contributed by atoms with E-state index in [0.717, 1.165) is 13.0 Å². The van der Waals surface area contributed by atoms with Crippen molar-refractivity contribution in [2.45, 2.75) is 12.5 Å². The maximum atomic E-state index is 5.54. The lowest BCUT2D eigenvalue weighted by Gasteiger charge is -2.17. The van der Waals surface area contributed by atoms with Crippen molar-refractivity contribution >= 4 is 0 Å². The molecular formula is C13H18N4. The number of nitrogens with two attached hydrogens (primary N) is 1. The zero-order valence-corrected chi connectivity index (χ0v) is 9.76. The molecule has 17 heavy (non-hydrogen) atoms. The summed E-state index contributed by atoms with van der Waals surface area (Å²) in [6.45, 7) is 1.45. The van der Waals surface area contributed by atoms with Crippen molar-refractivity contribution in [1.82, 2.24) is 15.5 Å². The number of aromatic nitrogens is 2. The smallest absolute Gasteiger partial charge is 0.0535 e. The normalized spacial score (nSPS) is 12.5. The molecule has 0 bridgehead atoms. The van der Waals surface area contributed by atoms with E-state index in [9.17, 15) is 0 Å². The summed E-state index contributed by atoms with van der Waals surface area (Å²) in [6.07, 6.45) is 4.73. The minimum absolute atomic E-state index is 0.264. The molecule has 0 aliphatic rings. The molecule has 1 aromatic heterocycles. The highest BCUT2D eigenvalue weighted by molar-refractivity contribution is 5.20. The van der Waals surface area contributed by atoms with Gasteiger partial charge in [0.25, 0.3) is 0 Å². The van der Waals surface area contributed by atoms with E-state index in [4.69, 9.17) is 5.73 Å². The van der Waals surface area contributed by atoms with E-state index >= 15 is 0 Å². The van der Waals surface area contributed by atoms with Gasteiger partial charge in [0, 0.05) is 30.9 Å². The van der Waals surface area contributed by atoms with Crippen LogP contribution in [0, 0.1) is 0 Å². The molecule has 0 saturated carbocycles. The number of hydrogen-bond donors (Lipinski definition) is 3. The Labute approximate surface area is 101 Å². The Balaban J connectivity index is 2.06. The highest BCUT2D eigenvalue weighted by Crippen LogP contribution is 2.16. The van der Waals surface area contributed by atoms with Crippen molar-refractivity contribution < 1.29 is 0 Å². The minimum atomic E-state index is 0.264. The quantitative estimate of drug-likeness (QED) is 0.699. The summed E-state index contributed by atoms with van der Waals surface area (Å²) in [5.74, 6) is 0. The molecule has 4 nitrogen and oxygen atoms in total. The second kappa shape index (κ2) is 6.18. The zero-order valence-electron chi connectivity index (χ0n) is 9.76. The van der Waals surface area contributed by atoms with Crippen molar-refractivity contribution in [2.75, 3.05) is 13.1 Å². The second-order valence-electron chi connectivity index (χ2n) is 4.02. The summed E-state index contributed by atoms with van der Waals surface area (Å²) in [7, 11) is 0. The maximum absolute atomic E-state index is 5.54. The molecule has 90 valence electrons. The fraction of sp³-hybridized carbons (Fsp3) is 0.308. The van der Waals surface area contributed by atoms with Gasteiger partial charge in [-0.05, 0) is 12.0 Å². The number of benzene rings is 1. The molecule has 4 heteroatoms. The van der Waals surface area contributed by atoms with Crippen LogP contribution >= 0.6 is 0 Å². The van der Waals surface area contributed by atoms with Crippen LogP contribution in [-0.4, -0.2) is 23.3 Å². The van der Waals surface area contributed by atoms with Gasteiger partial charge in [-0.2, -0.15) is 5.10 Å². The van der Waals surface area contributed by atoms with Gasteiger partial charge in [-0.15, -0.1) is 0 Å². The SMILES string of the molecule is NCCNC(Cc1ccccc1)c1cn[nH]c1. The molecule has 0 fully saturated rings. The van der Waals surface area contributed by atoms with Crippen LogP contribution in [0.4, 0.5) is 0 Å². The molecule has 0 amide bonds. The molecule has 0 saturated heterocycles. The highest BCUT2D eigenvalue weighted by Gasteiger charge is 2.12. The van der Waals surface area contributed by atoms with E-state index in [1.807, 2.05) is 18.5 Å². The Morgan fingerprint density at radius 2 is 2.12 bits per heavy atom. The number of hydrogen-bond acceptors (Lipinski definition) is 3. The van der Waals surface area contributed by atoms with Crippen LogP contribution in [0.3, 0.4) is 0 Å². The summed E-state index contributed by atoms with van der Waals surface area (Å²) in [4.78, 5) is 0. The number of H-pyrrole nitrogens is 1. The summed E-state index contributed by atoms with van der Waals surface area (Å²) < 4.78 is 0. The number of nitrogens with zero attached hydrogens (tertiary/aromatic N) is 1. The van der Waals surface area contributed by atoms with Gasteiger partial charge in [0.2, 0.25) is 0 Å². The first kappa shape index (κ1) is 11.8. The number of nitrogens with one attached hydrogen (secondary N) is 2. The standard InChI is InChI=1S/C13H18N4/c14-6-7-15-13(12-9-16-17-10-12)8-11-4-2-1-3-5-11/h1-5,9-10,13,15H,6-8,14H2,(H,16,17). The van der Waals surface area contributed by atoms with Crippen LogP contribution in [0.2, 0.25) is 0 Å². The van der Waals surface area contributed by atoms with Gasteiger partial charge >= 0.3 is 0 Å². The molecule has 0 spiro atoms. The van der Waals surface area contributed by atoms with Crippen LogP contribution < -0.4 is 11.1 Å². The van der Waals surface area contributed by atoms with E-state index < -0.39 is 0 Å². The first-order valence-corrected chi connectivity index (χ1v) is 5.86. The fourth-order valence-electron chi connectivity index (χ4n) is 1.87. The third kappa shape index (κ3) is 3.41. The summed E-state index contributed by atoms with van der Waals surface area (Å²) in [5, 5.41) is 10.3. The third-order valence-electron chi connectivity index (χ3n) is 2.74. The van der Waals surface area contributed by atoms with Crippen molar-refractivity contribution in [3.8, 4) is 0 Å². The lowest BCUT2D eigenvalue weighted by molar-refractivity contribution is 0.538. The molecule has 1 atom stereocenters. The third-order valence-corrected chi connectivity index (χ3v) is 2.74. The molecule has 0 aliphatic carbocycles. The molecule has 2 rings (SSSR count). The molecule has 1 heterocycles. The average molecular weight is 230 g/mol. The van der Waals surface area contributed by atoms with E-state index in [-0.39, 0.29) is 6.04 Å². The van der Waals surface area contributed by atoms with Gasteiger partial charge in [-0.1, -0.05) is 30.3 Å². The Morgan fingerprint density at radius 3 is 2.76 bits per heavy atom. The molecule has 1 aromatic carbocycles. The number of rotatable bonds is 6. The summed E-state index contributed by atoms with van der Waals surface area (Å²) >= 11 is 0. The first-order chi connectivity index (χ1) is 8.40. The van der Waals surface area contributed by atoms with Gasteiger partial charge in [0.15, 0.2) is 0 Å². The van der Waals surface area contributed by atoms with Gasteiger partial charge in [-0.25, -0.2) is 0 Å². The van der Waals surface area contributed by atoms with E-state index in [0.29, 0.717) is 6.54 Å². The summed E-state index contributed by atoms with van der Waals surface area (Å²) in [5.41, 5.74) is 8.01. The van der Waals surface area contributed by atoms with E-state index in [2.05, 4.69) is 39.8 Å². The van der Waals surface area contributed by atoms with Crippen molar-refractivity contribution in [2.24, 2.45) is 5.73 Å². The number of aromatic amines is 1. The van der Waals surface area contributed by atoms with Crippen LogP contribution in [0.5, 0.6) is 0 Å². The predicted octanol–water partition coefficient (Wildman–Crippen LogP) is 1.24. The summed E-state index contributed by atoms with van der Waals surface area (Å²) in [6, 6.07) is 10.7. The average Bonchev–Trinajstić information content (AvgIpc) is 2.89. The van der Waals surface area contributed by atoms with Crippen LogP contribution in [0.25, 0.3) is 0 Å². The lowest BCUT2D eigenvalue weighted by Crippen LogP contribution is -2.28. The Kier molecular flexibility index (Phi) is 4.30. The van der Waals surface area contributed by atoms with E-state index in [1.54, 1.807) is 0 Å². The zero-order chi connectivity index (χ0) is 11.9. The van der Waals surface area contributed by atoms with Gasteiger partial charge in [0.1, 0.15) is 0 Å². The van der Waals surface area contributed by atoms with E-state index in [1.165, 1.54) is 11.1 Å². The van der Waals surface area contributed by atoms with Crippen molar-refractivity contribution in [1.29, 1.82) is 0 Å². The largest absolute Gasteiger partial charge is 0.329 e. The Morgan fingerprint density at radius 1 is 1.29 bits per heavy atom. The topological polar surface area (TPSA) is 66.7 Å². The second-order valence-corrected chi connectivity index (χ2v) is 4.02. The molecule has 2 aromatic rings. The van der Waals surface area contributed by atoms with Gasteiger partial charge < -0.3 is 11.1 Å². The van der Waals surface area contributed by atoms with Crippen LogP contribution in [-0.2, 0) is 6.42 Å². The van der Waals surface area contributed by atoms with Crippen molar-refractivity contribution in [3.63, 3.8) is 0 Å². The Bertz CT molecular complexity index is 410. The van der Waals surface area contributed by atoms with Crippen molar-refractivity contribution in [3.05, 3.63) is 53.9 Å². The molecular weight excluding hydrogens is 212 g/mol. The fourth-order valence-corrected chi connectivity index (χ4v) is 1.87. The first-order valence-electron chi connectivity index (χ1n) is 5.86. The van der Waals surface area contributed by atoms with Gasteiger partial charge in [0.05, 0.1) is 6.20 Å². The molecule has 0 aliphatic heterocycles. The molecule has 4 N–H and O–H groups in total. The maximum Gasteiger partial charge on any atom is 0.0535 e. The van der Waals surface area contributed by atoms with Crippen LogP contribution in [0.1, 0.15) is 17.2 Å². The van der Waals surface area contributed by atoms with Gasteiger partial charge in [-0.3, -0.25) is 5.10 Å². The van der Waals surface area contributed by atoms with Crippen LogP contribution in [0.15, 0.2) is 42.7 Å².